The Labute approximate surface area is 220 Å². The fourth-order valence-corrected chi connectivity index (χ4v) is 5.87. The van der Waals surface area contributed by atoms with Gasteiger partial charge in [-0.05, 0) is 48.9 Å². The van der Waals surface area contributed by atoms with Crippen LogP contribution in [0, 0.1) is 0 Å². The number of nitrogens with zero attached hydrogens (tertiary/aromatic N) is 1. The van der Waals surface area contributed by atoms with Crippen molar-refractivity contribution in [3.05, 3.63) is 65.9 Å². The maximum Gasteiger partial charge on any atom is 0.416 e. The van der Waals surface area contributed by atoms with Gasteiger partial charge < -0.3 is 10.2 Å². The summed E-state index contributed by atoms with van der Waals surface area (Å²) in [5.74, 6) is -1.31. The molecule has 214 valence electrons. The third-order valence-corrected chi connectivity index (χ3v) is 8.68. The average molecular weight is 600 g/mol. The molecule has 0 aromatic heterocycles. The summed E-state index contributed by atoms with van der Waals surface area (Å²) in [4.78, 5) is 14.0. The van der Waals surface area contributed by atoms with E-state index in [4.69, 9.17) is 0 Å². The molecule has 1 fully saturated rings. The van der Waals surface area contributed by atoms with Crippen LogP contribution in [-0.4, -0.2) is 53.5 Å². The van der Waals surface area contributed by atoms with E-state index >= 15 is 0 Å². The molecule has 2 aromatic carbocycles. The normalized spacial score (nSPS) is 16.0. The first-order valence-corrected chi connectivity index (χ1v) is 14.5. The number of anilines is 2. The number of nitrogens with one attached hydrogen (secondary N) is 2. The molecule has 1 heterocycles. The van der Waals surface area contributed by atoms with Crippen molar-refractivity contribution in [1.29, 1.82) is 0 Å². The minimum absolute atomic E-state index is 0.0718. The fourth-order valence-electron chi connectivity index (χ4n) is 3.60. The van der Waals surface area contributed by atoms with E-state index in [1.165, 1.54) is 12.1 Å². The molecular formula is C23H23F6N3O5S2. The highest BCUT2D eigenvalue weighted by atomic mass is 32.2. The van der Waals surface area contributed by atoms with Crippen LogP contribution in [0.2, 0.25) is 0 Å². The van der Waals surface area contributed by atoms with Gasteiger partial charge in [-0.1, -0.05) is 6.58 Å². The van der Waals surface area contributed by atoms with Crippen molar-refractivity contribution in [2.75, 3.05) is 34.2 Å². The minimum atomic E-state index is -4.89. The van der Waals surface area contributed by atoms with Crippen LogP contribution < -0.4 is 14.9 Å². The third-order valence-electron chi connectivity index (χ3n) is 5.69. The van der Waals surface area contributed by atoms with Gasteiger partial charge >= 0.3 is 12.4 Å². The second kappa shape index (κ2) is 11.1. The van der Waals surface area contributed by atoms with Gasteiger partial charge in [0.2, 0.25) is 0 Å². The Balaban J connectivity index is 1.85. The lowest BCUT2D eigenvalue weighted by atomic mass is 10.1. The first-order valence-electron chi connectivity index (χ1n) is 11.2. The molecule has 0 atom stereocenters. The van der Waals surface area contributed by atoms with Crippen molar-refractivity contribution in [3.63, 3.8) is 0 Å². The van der Waals surface area contributed by atoms with Gasteiger partial charge in [0, 0.05) is 30.9 Å². The summed E-state index contributed by atoms with van der Waals surface area (Å²) in [6.07, 6.45) is -11.4. The molecule has 1 amide bonds. The van der Waals surface area contributed by atoms with Gasteiger partial charge in [-0.25, -0.2) is 16.8 Å². The Hall–Kier alpha value is -3.27. The van der Waals surface area contributed by atoms with Crippen LogP contribution in [0.15, 0.2) is 59.6 Å². The molecule has 1 aliphatic heterocycles. The van der Waals surface area contributed by atoms with Crippen molar-refractivity contribution in [3.8, 4) is 0 Å². The van der Waals surface area contributed by atoms with Crippen LogP contribution >= 0.6 is 0 Å². The number of amides is 1. The van der Waals surface area contributed by atoms with Gasteiger partial charge in [0.1, 0.15) is 0 Å². The highest BCUT2D eigenvalue weighted by Crippen LogP contribution is 2.33. The number of sulfone groups is 1. The highest BCUT2D eigenvalue weighted by molar-refractivity contribution is 7.92. The number of benzene rings is 2. The molecule has 3 rings (SSSR count). The number of carbonyl (C=O) groups is 1. The maximum absolute atomic E-state index is 13.3. The van der Waals surface area contributed by atoms with E-state index in [-0.39, 0.29) is 35.2 Å². The number of halogens is 6. The molecule has 0 radical (unpaired) electrons. The van der Waals surface area contributed by atoms with Gasteiger partial charge in [-0.2, -0.15) is 26.3 Å². The quantitative estimate of drug-likeness (QED) is 0.437. The second-order valence-corrected chi connectivity index (χ2v) is 12.7. The molecule has 39 heavy (non-hydrogen) atoms. The molecule has 8 nitrogen and oxygen atoms in total. The number of hydrogen-bond donors (Lipinski definition) is 2. The van der Waals surface area contributed by atoms with Crippen LogP contribution in [-0.2, 0) is 26.0 Å². The number of alkyl halides is 6. The third kappa shape index (κ3) is 8.36. The van der Waals surface area contributed by atoms with Crippen molar-refractivity contribution in [1.82, 2.24) is 5.32 Å². The van der Waals surface area contributed by atoms with Gasteiger partial charge in [0.25, 0.3) is 15.9 Å². The Bertz CT molecular complexity index is 1440. The Morgan fingerprint density at radius 3 is 2.10 bits per heavy atom. The first kappa shape index (κ1) is 30.3. The van der Waals surface area contributed by atoms with Crippen molar-refractivity contribution in [2.24, 2.45) is 0 Å². The van der Waals surface area contributed by atoms with Gasteiger partial charge in [0.05, 0.1) is 33.2 Å². The zero-order chi connectivity index (χ0) is 29.2. The summed E-state index contributed by atoms with van der Waals surface area (Å²) < 4.78 is 128. The fraction of sp³-hybridized carbons (Fsp3) is 0.348. The summed E-state index contributed by atoms with van der Waals surface area (Å²) >= 11 is 0. The SMILES string of the molecule is C=C(CCC(F)(F)F)NC(=O)c1ccc(C(F)(F)F)cc1NS(=O)(=O)c1ccc(N2CCS(=O)(=O)CC2)cc1. The number of carbonyl (C=O) groups excluding carboxylic acids is 1. The minimum Gasteiger partial charge on any atom is -0.369 e. The van der Waals surface area contributed by atoms with Crippen molar-refractivity contribution < 1.29 is 48.0 Å². The van der Waals surface area contributed by atoms with Gasteiger partial charge in [0.15, 0.2) is 9.84 Å². The molecule has 16 heteroatoms. The van der Waals surface area contributed by atoms with E-state index in [0.717, 1.165) is 12.1 Å². The van der Waals surface area contributed by atoms with Crippen LogP contribution in [0.3, 0.4) is 0 Å². The van der Waals surface area contributed by atoms with E-state index in [1.54, 1.807) is 4.90 Å². The van der Waals surface area contributed by atoms with Crippen LogP contribution in [0.25, 0.3) is 0 Å². The summed E-state index contributed by atoms with van der Waals surface area (Å²) in [6.45, 7) is 3.69. The molecule has 0 saturated carbocycles. The zero-order valence-electron chi connectivity index (χ0n) is 20.1. The standard InChI is InChI=1S/C23H23F6N3O5S2/c1-15(8-9-22(24,25)26)30-21(33)19-7-2-16(23(27,28)29)14-20(19)31-39(36,37)18-5-3-17(4-6-18)32-10-12-38(34,35)13-11-32/h2-7,14,31H,1,8-13H2,(H,30,33). The smallest absolute Gasteiger partial charge is 0.369 e. The summed E-state index contributed by atoms with van der Waals surface area (Å²) in [5, 5.41) is 2.04. The number of sulfonamides is 1. The Morgan fingerprint density at radius 2 is 1.56 bits per heavy atom. The van der Waals surface area contributed by atoms with Crippen molar-refractivity contribution in [2.45, 2.75) is 30.1 Å². The van der Waals surface area contributed by atoms with E-state index in [1.807, 2.05) is 10.0 Å². The van der Waals surface area contributed by atoms with Crippen LogP contribution in [0.1, 0.15) is 28.8 Å². The Kier molecular flexibility index (Phi) is 8.60. The molecular weight excluding hydrogens is 576 g/mol. The lowest BCUT2D eigenvalue weighted by Gasteiger charge is -2.28. The highest BCUT2D eigenvalue weighted by Gasteiger charge is 2.33. The lowest BCUT2D eigenvalue weighted by molar-refractivity contribution is -0.137. The van der Waals surface area contributed by atoms with E-state index in [9.17, 15) is 48.0 Å². The van der Waals surface area contributed by atoms with E-state index < -0.39 is 67.8 Å². The number of allylic oxidation sites excluding steroid dienone is 1. The average Bonchev–Trinajstić information content (AvgIpc) is 2.81. The molecule has 0 unspecified atom stereocenters. The number of hydrogen-bond acceptors (Lipinski definition) is 6. The summed E-state index contributed by atoms with van der Waals surface area (Å²) in [6, 6.07) is 6.74. The molecule has 0 spiro atoms. The zero-order valence-corrected chi connectivity index (χ0v) is 21.7. The molecule has 2 aromatic rings. The van der Waals surface area contributed by atoms with Crippen LogP contribution in [0.5, 0.6) is 0 Å². The summed E-state index contributed by atoms with van der Waals surface area (Å²) in [7, 11) is -7.69. The molecule has 1 aliphatic rings. The number of rotatable bonds is 8. The van der Waals surface area contributed by atoms with Gasteiger partial charge in [-0.15, -0.1) is 0 Å². The predicted octanol–water partition coefficient (Wildman–Crippen LogP) is 4.33. The molecule has 0 aliphatic carbocycles. The second-order valence-electron chi connectivity index (χ2n) is 8.67. The molecule has 1 saturated heterocycles. The topological polar surface area (TPSA) is 113 Å². The van der Waals surface area contributed by atoms with E-state index in [2.05, 4.69) is 6.58 Å². The maximum atomic E-state index is 13.3. The lowest BCUT2D eigenvalue weighted by Crippen LogP contribution is -2.40. The Morgan fingerprint density at radius 1 is 0.974 bits per heavy atom. The van der Waals surface area contributed by atoms with Crippen molar-refractivity contribution >= 4 is 37.1 Å². The summed E-state index contributed by atoms with van der Waals surface area (Å²) in [5.41, 5.74) is -2.45. The van der Waals surface area contributed by atoms with Crippen LogP contribution in [0.4, 0.5) is 37.7 Å². The molecule has 2 N–H and O–H groups in total. The van der Waals surface area contributed by atoms with Gasteiger partial charge in [-0.3, -0.25) is 9.52 Å². The largest absolute Gasteiger partial charge is 0.416 e. The molecule has 0 bridgehead atoms. The predicted molar refractivity (Wildman–Crippen MR) is 131 cm³/mol. The van der Waals surface area contributed by atoms with E-state index in [0.29, 0.717) is 23.9 Å². The monoisotopic (exact) mass is 599 g/mol. The first-order chi connectivity index (χ1) is 17.9.